The Balaban J connectivity index is 1.46. The van der Waals surface area contributed by atoms with Crippen LogP contribution in [0.5, 0.6) is 5.75 Å². The van der Waals surface area contributed by atoms with Crippen LogP contribution in [-0.4, -0.2) is 81.1 Å². The molecule has 1 unspecified atom stereocenters. The third-order valence-corrected chi connectivity index (χ3v) is 6.94. The summed E-state index contributed by atoms with van der Waals surface area (Å²) in [5.41, 5.74) is 6.61. The molecule has 5 rings (SSSR count). The molecule has 1 aromatic carbocycles. The number of urea groups is 1. The number of carboxylic acids is 1. The summed E-state index contributed by atoms with van der Waals surface area (Å²) in [6, 6.07) is 7.81. The highest BCUT2D eigenvalue weighted by atomic mass is 32.1. The van der Waals surface area contributed by atoms with Gasteiger partial charge in [-0.25, -0.2) is 24.2 Å². The molecule has 1 aliphatic heterocycles. The number of hydrogen-bond donors (Lipinski definition) is 4. The van der Waals surface area contributed by atoms with Crippen molar-refractivity contribution in [3.05, 3.63) is 48.3 Å². The number of morpholine rings is 1. The van der Waals surface area contributed by atoms with Crippen LogP contribution < -0.4 is 21.1 Å². The number of aromatic carboxylic acids is 1. The van der Waals surface area contributed by atoms with Crippen LogP contribution in [0.15, 0.2) is 42.7 Å². The fraction of sp³-hybridized carbons (Fsp3) is 0.250. The number of pyridine rings is 1. The van der Waals surface area contributed by atoms with E-state index < -0.39 is 24.1 Å². The van der Waals surface area contributed by atoms with Gasteiger partial charge in [0.2, 0.25) is 0 Å². The summed E-state index contributed by atoms with van der Waals surface area (Å²) < 4.78 is 11.9. The predicted octanol–water partition coefficient (Wildman–Crippen LogP) is 2.22. The Bertz CT molecular complexity index is 1550. The molecule has 0 spiro atoms. The summed E-state index contributed by atoms with van der Waals surface area (Å²) in [5, 5.41) is 20.0. The number of nitrogens with two attached hydrogens (primary N) is 1. The number of ether oxygens (including phenoxy) is 2. The maximum absolute atomic E-state index is 12.5. The van der Waals surface area contributed by atoms with Gasteiger partial charge in [0.1, 0.15) is 5.75 Å². The molecular formula is C24H24N8O6S. The smallest absolute Gasteiger partial charge is 0.336 e. The van der Waals surface area contributed by atoms with Gasteiger partial charge in [-0.3, -0.25) is 15.0 Å². The minimum atomic E-state index is -1.19. The van der Waals surface area contributed by atoms with Gasteiger partial charge in [-0.2, -0.15) is 5.10 Å². The number of para-hydroxylation sites is 2. The van der Waals surface area contributed by atoms with E-state index in [0.717, 1.165) is 11.3 Å². The largest absolute Gasteiger partial charge is 0.495 e. The molecule has 3 aromatic heterocycles. The number of nitrogens with zero attached hydrogens (tertiary/aromatic N) is 5. The molecule has 14 nitrogen and oxygen atoms in total. The summed E-state index contributed by atoms with van der Waals surface area (Å²) in [4.78, 5) is 48.3. The molecular weight excluding hydrogens is 528 g/mol. The SMILES string of the molecule is COc1ccccc1NC(=O)Nc1ncc(-c2cc(C(=O)O)c3cnn(C(C(N)=O)N4CCOCC4)c3n2)s1. The van der Waals surface area contributed by atoms with Crippen LogP contribution in [-0.2, 0) is 9.53 Å². The van der Waals surface area contributed by atoms with Crippen molar-refractivity contribution in [3.8, 4) is 16.3 Å². The van der Waals surface area contributed by atoms with Crippen molar-refractivity contribution in [2.75, 3.05) is 44.0 Å². The van der Waals surface area contributed by atoms with E-state index in [1.807, 2.05) is 4.90 Å². The average molecular weight is 553 g/mol. The van der Waals surface area contributed by atoms with E-state index in [1.54, 1.807) is 24.3 Å². The lowest BCUT2D eigenvalue weighted by Gasteiger charge is -2.32. The molecule has 1 saturated heterocycles. The van der Waals surface area contributed by atoms with Gasteiger partial charge in [0.05, 0.1) is 53.7 Å². The van der Waals surface area contributed by atoms with Crippen LogP contribution in [0.1, 0.15) is 16.5 Å². The first-order valence-corrected chi connectivity index (χ1v) is 12.6. The number of amides is 3. The standard InChI is InChI=1S/C24H24N8O6S/c1-37-17-5-3-2-4-15(17)29-23(36)30-24-26-12-18(39-24)16-10-13(22(34)35)14-11-27-32(20(14)28-16)21(19(25)33)31-6-8-38-9-7-31/h2-5,10-12,21H,6-9H2,1H3,(H2,25,33)(H,34,35)(H2,26,29,30,36). The van der Waals surface area contributed by atoms with Crippen LogP contribution in [0.25, 0.3) is 21.6 Å². The number of carbonyl (C=O) groups excluding carboxylic acids is 2. The van der Waals surface area contributed by atoms with Crippen molar-refractivity contribution in [1.29, 1.82) is 0 Å². The van der Waals surface area contributed by atoms with Crippen LogP contribution in [0.4, 0.5) is 15.6 Å². The molecule has 202 valence electrons. The number of anilines is 2. The van der Waals surface area contributed by atoms with Crippen molar-refractivity contribution in [1.82, 2.24) is 24.6 Å². The van der Waals surface area contributed by atoms with Crippen molar-refractivity contribution < 1.29 is 29.0 Å². The van der Waals surface area contributed by atoms with E-state index in [9.17, 15) is 19.5 Å². The monoisotopic (exact) mass is 552 g/mol. The number of benzene rings is 1. The van der Waals surface area contributed by atoms with Crippen molar-refractivity contribution in [2.24, 2.45) is 5.73 Å². The molecule has 4 aromatic rings. The number of carboxylic acid groups (broad SMARTS) is 1. The number of rotatable bonds is 8. The molecule has 0 aliphatic carbocycles. The number of primary amides is 1. The number of thiazole rings is 1. The fourth-order valence-electron chi connectivity index (χ4n) is 4.23. The lowest BCUT2D eigenvalue weighted by molar-refractivity contribution is -0.129. The van der Waals surface area contributed by atoms with E-state index in [2.05, 4.69) is 25.7 Å². The van der Waals surface area contributed by atoms with Crippen molar-refractivity contribution >= 4 is 51.1 Å². The highest BCUT2D eigenvalue weighted by molar-refractivity contribution is 7.19. The van der Waals surface area contributed by atoms with E-state index in [0.29, 0.717) is 42.6 Å². The minimum absolute atomic E-state index is 0.0525. The summed E-state index contributed by atoms with van der Waals surface area (Å²) in [7, 11) is 1.50. The Morgan fingerprint density at radius 2 is 1.95 bits per heavy atom. The Labute approximate surface area is 225 Å². The Morgan fingerprint density at radius 1 is 1.18 bits per heavy atom. The molecule has 1 atom stereocenters. The van der Waals surface area contributed by atoms with Gasteiger partial charge in [-0.05, 0) is 18.2 Å². The predicted molar refractivity (Wildman–Crippen MR) is 142 cm³/mol. The summed E-state index contributed by atoms with van der Waals surface area (Å²) in [5.74, 6) is -1.35. The van der Waals surface area contributed by atoms with E-state index in [4.69, 9.17) is 15.2 Å². The topological polar surface area (TPSA) is 187 Å². The van der Waals surface area contributed by atoms with Crippen molar-refractivity contribution in [2.45, 2.75) is 6.17 Å². The molecule has 15 heteroatoms. The number of nitrogens with one attached hydrogen (secondary N) is 2. The minimum Gasteiger partial charge on any atom is -0.495 e. The van der Waals surface area contributed by atoms with Gasteiger partial charge < -0.3 is 25.6 Å². The lowest BCUT2D eigenvalue weighted by atomic mass is 10.1. The van der Waals surface area contributed by atoms with Gasteiger partial charge in [0.25, 0.3) is 5.91 Å². The Hall–Kier alpha value is -4.60. The fourth-order valence-corrected chi connectivity index (χ4v) is 5.00. The Kier molecular flexibility index (Phi) is 7.36. The number of fused-ring (bicyclic) bond motifs is 1. The van der Waals surface area contributed by atoms with Gasteiger partial charge in [0.15, 0.2) is 16.9 Å². The quantitative estimate of drug-likeness (QED) is 0.252. The maximum Gasteiger partial charge on any atom is 0.336 e. The average Bonchev–Trinajstić information content (AvgIpc) is 3.56. The summed E-state index contributed by atoms with van der Waals surface area (Å²) in [6.45, 7) is 1.73. The second-order valence-electron chi connectivity index (χ2n) is 8.42. The van der Waals surface area contributed by atoms with E-state index >= 15 is 0 Å². The third kappa shape index (κ3) is 5.36. The second kappa shape index (κ2) is 11.0. The normalized spacial score (nSPS) is 14.6. The van der Waals surface area contributed by atoms with E-state index in [1.165, 1.54) is 30.3 Å². The lowest BCUT2D eigenvalue weighted by Crippen LogP contribution is -2.47. The molecule has 0 saturated carbocycles. The molecule has 0 bridgehead atoms. The number of hydrogen-bond acceptors (Lipinski definition) is 10. The van der Waals surface area contributed by atoms with Gasteiger partial charge in [0, 0.05) is 19.3 Å². The van der Waals surface area contributed by atoms with Crippen LogP contribution in [0.3, 0.4) is 0 Å². The summed E-state index contributed by atoms with van der Waals surface area (Å²) >= 11 is 1.10. The first-order valence-electron chi connectivity index (χ1n) is 11.8. The second-order valence-corrected chi connectivity index (χ2v) is 9.45. The van der Waals surface area contributed by atoms with E-state index in [-0.39, 0.29) is 27.4 Å². The molecule has 0 radical (unpaired) electrons. The number of aromatic nitrogens is 4. The van der Waals surface area contributed by atoms with Crippen LogP contribution in [0.2, 0.25) is 0 Å². The zero-order valence-electron chi connectivity index (χ0n) is 20.7. The first-order chi connectivity index (χ1) is 18.9. The molecule has 1 fully saturated rings. The zero-order chi connectivity index (χ0) is 27.5. The number of methoxy groups -OCH3 is 1. The number of carbonyl (C=O) groups is 3. The molecule has 3 amide bonds. The van der Waals surface area contributed by atoms with Gasteiger partial charge in [-0.15, -0.1) is 0 Å². The van der Waals surface area contributed by atoms with Crippen LogP contribution in [0, 0.1) is 0 Å². The molecule has 5 N–H and O–H groups in total. The molecule has 1 aliphatic rings. The molecule has 39 heavy (non-hydrogen) atoms. The molecule has 4 heterocycles. The highest BCUT2D eigenvalue weighted by Crippen LogP contribution is 2.32. The Morgan fingerprint density at radius 3 is 2.67 bits per heavy atom. The highest BCUT2D eigenvalue weighted by Gasteiger charge is 2.31. The van der Waals surface area contributed by atoms with Gasteiger partial charge >= 0.3 is 12.0 Å². The zero-order valence-corrected chi connectivity index (χ0v) is 21.5. The van der Waals surface area contributed by atoms with Crippen molar-refractivity contribution in [3.63, 3.8) is 0 Å². The summed E-state index contributed by atoms with van der Waals surface area (Å²) in [6.07, 6.45) is 1.85. The van der Waals surface area contributed by atoms with Crippen LogP contribution >= 0.6 is 11.3 Å². The maximum atomic E-state index is 12.5. The first kappa shape index (κ1) is 26.0. The van der Waals surface area contributed by atoms with Gasteiger partial charge in [-0.1, -0.05) is 23.5 Å². The third-order valence-electron chi connectivity index (χ3n) is 6.01.